The number of pyridine rings is 2. The van der Waals surface area contributed by atoms with Gasteiger partial charge in [-0.2, -0.15) is 0 Å². The molecule has 0 saturated carbocycles. The smallest absolute Gasteiger partial charge is 0.142 e. The Hall–Kier alpha value is -3.01. The summed E-state index contributed by atoms with van der Waals surface area (Å²) < 4.78 is 13.4. The van der Waals surface area contributed by atoms with Crippen LogP contribution in [-0.2, 0) is 0 Å². The Morgan fingerprint density at radius 1 is 0.913 bits per heavy atom. The van der Waals surface area contributed by atoms with E-state index in [-0.39, 0.29) is 5.82 Å². The molecule has 0 aliphatic carbocycles. The van der Waals surface area contributed by atoms with Gasteiger partial charge in [-0.05, 0) is 48.9 Å². The van der Waals surface area contributed by atoms with Crippen LogP contribution < -0.4 is 0 Å². The molecular weight excluding hydrogens is 289 g/mol. The lowest BCUT2D eigenvalue weighted by atomic mass is 10.1. The van der Waals surface area contributed by atoms with Crippen molar-refractivity contribution < 1.29 is 4.39 Å². The number of halogens is 1. The van der Waals surface area contributed by atoms with E-state index in [1.807, 2.05) is 37.3 Å². The van der Waals surface area contributed by atoms with E-state index < -0.39 is 0 Å². The Morgan fingerprint density at radius 2 is 1.83 bits per heavy atom. The van der Waals surface area contributed by atoms with Gasteiger partial charge in [0, 0.05) is 45.8 Å². The van der Waals surface area contributed by atoms with Gasteiger partial charge in [0.1, 0.15) is 5.82 Å². The number of aromatic amines is 1. The molecule has 0 saturated heterocycles. The summed E-state index contributed by atoms with van der Waals surface area (Å²) in [5.74, 6) is -0.329. The van der Waals surface area contributed by atoms with E-state index in [4.69, 9.17) is 0 Å². The Labute approximate surface area is 132 Å². The van der Waals surface area contributed by atoms with Crippen LogP contribution in [0.1, 0.15) is 5.69 Å². The molecule has 0 fully saturated rings. The van der Waals surface area contributed by atoms with Crippen LogP contribution in [0.2, 0.25) is 0 Å². The molecule has 4 heteroatoms. The standard InChI is InChI=1S/C19H14FN3/c1-12-6-14(4-5-22-12)19-9-15-7-13(2-3-18(15)23-19)16-8-17(20)11-21-10-16/h2-11,23H,1H3. The first-order valence-corrected chi connectivity index (χ1v) is 7.36. The van der Waals surface area contributed by atoms with E-state index in [1.165, 1.54) is 12.3 Å². The van der Waals surface area contributed by atoms with Crippen LogP contribution in [0.25, 0.3) is 33.3 Å². The van der Waals surface area contributed by atoms with Crippen molar-refractivity contribution in [3.05, 3.63) is 72.6 Å². The first-order chi connectivity index (χ1) is 11.2. The second-order valence-electron chi connectivity index (χ2n) is 5.56. The number of hydrogen-bond donors (Lipinski definition) is 1. The highest BCUT2D eigenvalue weighted by atomic mass is 19.1. The number of H-pyrrole nitrogens is 1. The average molecular weight is 303 g/mol. The fourth-order valence-corrected chi connectivity index (χ4v) is 2.75. The minimum Gasteiger partial charge on any atom is -0.355 e. The van der Waals surface area contributed by atoms with Gasteiger partial charge in [-0.15, -0.1) is 0 Å². The Kier molecular flexibility index (Phi) is 3.15. The van der Waals surface area contributed by atoms with Crippen molar-refractivity contribution in [2.24, 2.45) is 0 Å². The zero-order valence-corrected chi connectivity index (χ0v) is 12.5. The molecule has 3 aromatic heterocycles. The maximum atomic E-state index is 13.4. The molecule has 3 heterocycles. The molecular formula is C19H14FN3. The highest BCUT2D eigenvalue weighted by Gasteiger charge is 2.06. The highest BCUT2D eigenvalue weighted by molar-refractivity contribution is 5.89. The molecule has 1 aromatic carbocycles. The van der Waals surface area contributed by atoms with Gasteiger partial charge in [0.2, 0.25) is 0 Å². The minimum absolute atomic E-state index is 0.329. The lowest BCUT2D eigenvalue weighted by Crippen LogP contribution is -1.83. The SMILES string of the molecule is Cc1cc(-c2cc3cc(-c4cncc(F)c4)ccc3[nH]2)ccn1. The Morgan fingerprint density at radius 3 is 2.65 bits per heavy atom. The molecule has 0 aliphatic rings. The van der Waals surface area contributed by atoms with Crippen LogP contribution in [0.15, 0.2) is 61.1 Å². The number of rotatable bonds is 2. The third-order valence-corrected chi connectivity index (χ3v) is 3.87. The van der Waals surface area contributed by atoms with Crippen molar-refractivity contribution in [2.75, 3.05) is 0 Å². The molecule has 0 amide bonds. The van der Waals surface area contributed by atoms with Gasteiger partial charge >= 0.3 is 0 Å². The molecule has 3 nitrogen and oxygen atoms in total. The number of hydrogen-bond acceptors (Lipinski definition) is 2. The molecule has 0 bridgehead atoms. The predicted molar refractivity (Wildman–Crippen MR) is 89.5 cm³/mol. The largest absolute Gasteiger partial charge is 0.355 e. The van der Waals surface area contributed by atoms with Gasteiger partial charge in [0.05, 0.1) is 6.20 Å². The lowest BCUT2D eigenvalue weighted by molar-refractivity contribution is 0.622. The minimum atomic E-state index is -0.329. The van der Waals surface area contributed by atoms with E-state index in [1.54, 1.807) is 12.4 Å². The summed E-state index contributed by atoms with van der Waals surface area (Å²) in [7, 11) is 0. The number of nitrogens with zero attached hydrogens (tertiary/aromatic N) is 2. The zero-order valence-electron chi connectivity index (χ0n) is 12.5. The topological polar surface area (TPSA) is 41.6 Å². The zero-order chi connectivity index (χ0) is 15.8. The van der Waals surface area contributed by atoms with E-state index in [0.717, 1.165) is 39.0 Å². The summed E-state index contributed by atoms with van der Waals surface area (Å²) >= 11 is 0. The van der Waals surface area contributed by atoms with Crippen LogP contribution in [0.5, 0.6) is 0 Å². The van der Waals surface area contributed by atoms with Crippen LogP contribution in [0.3, 0.4) is 0 Å². The van der Waals surface area contributed by atoms with E-state index >= 15 is 0 Å². The van der Waals surface area contributed by atoms with Gasteiger partial charge < -0.3 is 4.98 Å². The molecule has 4 rings (SSSR count). The van der Waals surface area contributed by atoms with Crippen LogP contribution in [0, 0.1) is 12.7 Å². The average Bonchev–Trinajstić information content (AvgIpc) is 2.98. The molecule has 4 aromatic rings. The van der Waals surface area contributed by atoms with Crippen LogP contribution in [-0.4, -0.2) is 15.0 Å². The number of fused-ring (bicyclic) bond motifs is 1. The van der Waals surface area contributed by atoms with Gasteiger partial charge in [-0.3, -0.25) is 9.97 Å². The van der Waals surface area contributed by atoms with E-state index in [2.05, 4.69) is 21.0 Å². The summed E-state index contributed by atoms with van der Waals surface area (Å²) in [4.78, 5) is 11.5. The normalized spacial score (nSPS) is 11.0. The second-order valence-corrected chi connectivity index (χ2v) is 5.56. The maximum Gasteiger partial charge on any atom is 0.142 e. The van der Waals surface area contributed by atoms with Crippen molar-refractivity contribution in [2.45, 2.75) is 6.92 Å². The quantitative estimate of drug-likeness (QED) is 0.581. The van der Waals surface area contributed by atoms with Crippen LogP contribution in [0.4, 0.5) is 4.39 Å². The van der Waals surface area contributed by atoms with Gasteiger partial charge in [0.15, 0.2) is 0 Å². The van der Waals surface area contributed by atoms with Crippen molar-refractivity contribution in [1.29, 1.82) is 0 Å². The first kappa shape index (κ1) is 13.6. The van der Waals surface area contributed by atoms with Crippen molar-refractivity contribution in [3.8, 4) is 22.4 Å². The predicted octanol–water partition coefficient (Wildman–Crippen LogP) is 4.74. The summed E-state index contributed by atoms with van der Waals surface area (Å²) in [6, 6.07) is 13.6. The van der Waals surface area contributed by atoms with E-state index in [0.29, 0.717) is 0 Å². The summed E-state index contributed by atoms with van der Waals surface area (Å²) in [5.41, 5.74) is 5.88. The fraction of sp³-hybridized carbons (Fsp3) is 0.0526. The lowest BCUT2D eigenvalue weighted by Gasteiger charge is -2.01. The van der Waals surface area contributed by atoms with Gasteiger partial charge in [0.25, 0.3) is 0 Å². The number of benzene rings is 1. The Bertz CT molecular complexity index is 961. The third kappa shape index (κ3) is 2.59. The highest BCUT2D eigenvalue weighted by Crippen LogP contribution is 2.28. The molecule has 0 atom stereocenters. The molecule has 0 spiro atoms. The van der Waals surface area contributed by atoms with Gasteiger partial charge in [-0.25, -0.2) is 4.39 Å². The summed E-state index contributed by atoms with van der Waals surface area (Å²) in [5, 5.41) is 1.08. The molecule has 0 unspecified atom stereocenters. The summed E-state index contributed by atoms with van der Waals surface area (Å²) in [6.45, 7) is 1.97. The Balaban J connectivity index is 1.81. The molecule has 1 N–H and O–H groups in total. The summed E-state index contributed by atoms with van der Waals surface area (Å²) in [6.07, 6.45) is 4.69. The number of aromatic nitrogens is 3. The number of aryl methyl sites for hydroxylation is 1. The molecule has 0 aliphatic heterocycles. The van der Waals surface area contributed by atoms with E-state index in [9.17, 15) is 4.39 Å². The van der Waals surface area contributed by atoms with Gasteiger partial charge in [-0.1, -0.05) is 6.07 Å². The van der Waals surface area contributed by atoms with Crippen molar-refractivity contribution in [1.82, 2.24) is 15.0 Å². The van der Waals surface area contributed by atoms with Crippen LogP contribution >= 0.6 is 0 Å². The third-order valence-electron chi connectivity index (χ3n) is 3.87. The van der Waals surface area contributed by atoms with Crippen molar-refractivity contribution >= 4 is 10.9 Å². The van der Waals surface area contributed by atoms with Crippen molar-refractivity contribution in [3.63, 3.8) is 0 Å². The maximum absolute atomic E-state index is 13.4. The molecule has 0 radical (unpaired) electrons. The second kappa shape index (κ2) is 5.32. The first-order valence-electron chi connectivity index (χ1n) is 7.36. The molecule has 23 heavy (non-hydrogen) atoms. The molecule has 112 valence electrons. The number of nitrogens with one attached hydrogen (secondary N) is 1. The fourth-order valence-electron chi connectivity index (χ4n) is 2.75. The monoisotopic (exact) mass is 303 g/mol.